The van der Waals surface area contributed by atoms with Crippen molar-refractivity contribution in [3.63, 3.8) is 0 Å². The monoisotopic (exact) mass is 282 g/mol. The van der Waals surface area contributed by atoms with Crippen molar-refractivity contribution < 1.29 is 9.53 Å². The van der Waals surface area contributed by atoms with E-state index >= 15 is 0 Å². The molecule has 4 nitrogen and oxygen atoms in total. The highest BCUT2D eigenvalue weighted by Crippen LogP contribution is 2.30. The van der Waals surface area contributed by atoms with Crippen LogP contribution in [-0.2, 0) is 0 Å². The Labute approximate surface area is 118 Å². The van der Waals surface area contributed by atoms with Crippen molar-refractivity contribution in [3.05, 3.63) is 22.7 Å². The van der Waals surface area contributed by atoms with E-state index in [0.29, 0.717) is 22.0 Å². The van der Waals surface area contributed by atoms with Crippen LogP contribution in [0.15, 0.2) is 12.1 Å². The molecule has 1 amide bonds. The summed E-state index contributed by atoms with van der Waals surface area (Å²) in [7, 11) is 1.53. The summed E-state index contributed by atoms with van der Waals surface area (Å²) in [5, 5.41) is 0.388. The fourth-order valence-electron chi connectivity index (χ4n) is 2.35. The van der Waals surface area contributed by atoms with E-state index in [-0.39, 0.29) is 5.91 Å². The molecule has 1 aliphatic heterocycles. The van der Waals surface area contributed by atoms with Gasteiger partial charge in [-0.2, -0.15) is 0 Å². The molecule has 5 heteroatoms. The summed E-state index contributed by atoms with van der Waals surface area (Å²) in [5.41, 5.74) is 6.64. The van der Waals surface area contributed by atoms with Crippen molar-refractivity contribution >= 4 is 23.2 Å². The Hall–Kier alpha value is -1.42. The molecule has 0 bridgehead atoms. The second kappa shape index (κ2) is 6.15. The van der Waals surface area contributed by atoms with Crippen molar-refractivity contribution in [2.75, 3.05) is 25.9 Å². The van der Waals surface area contributed by atoms with Crippen LogP contribution in [0.4, 0.5) is 5.69 Å². The van der Waals surface area contributed by atoms with E-state index in [1.165, 1.54) is 20.0 Å². The number of hydrogen-bond donors (Lipinski definition) is 1. The number of hydrogen-bond acceptors (Lipinski definition) is 3. The number of halogens is 1. The maximum absolute atomic E-state index is 12.5. The molecule has 0 saturated carbocycles. The van der Waals surface area contributed by atoms with E-state index in [9.17, 15) is 4.79 Å². The van der Waals surface area contributed by atoms with E-state index < -0.39 is 0 Å². The fourth-order valence-corrected chi connectivity index (χ4v) is 2.51. The summed E-state index contributed by atoms with van der Waals surface area (Å²) in [4.78, 5) is 14.4. The van der Waals surface area contributed by atoms with E-state index in [1.54, 1.807) is 12.1 Å². The number of ether oxygens (including phenoxy) is 1. The first-order chi connectivity index (χ1) is 9.13. The number of rotatable bonds is 2. The maximum atomic E-state index is 12.5. The van der Waals surface area contributed by atoms with Gasteiger partial charge in [-0.15, -0.1) is 0 Å². The van der Waals surface area contributed by atoms with Crippen LogP contribution in [0.5, 0.6) is 5.75 Å². The Morgan fingerprint density at radius 3 is 2.47 bits per heavy atom. The topological polar surface area (TPSA) is 55.6 Å². The molecule has 0 spiro atoms. The van der Waals surface area contributed by atoms with E-state index in [1.807, 2.05) is 4.90 Å². The molecule has 0 aliphatic carbocycles. The predicted molar refractivity (Wildman–Crippen MR) is 76.8 cm³/mol. The van der Waals surface area contributed by atoms with Crippen molar-refractivity contribution in [2.24, 2.45) is 0 Å². The van der Waals surface area contributed by atoms with Gasteiger partial charge in [-0.3, -0.25) is 4.79 Å². The first-order valence-corrected chi connectivity index (χ1v) is 6.93. The first-order valence-electron chi connectivity index (χ1n) is 6.55. The lowest BCUT2D eigenvalue weighted by Gasteiger charge is -2.21. The highest BCUT2D eigenvalue weighted by molar-refractivity contribution is 6.33. The van der Waals surface area contributed by atoms with Crippen LogP contribution in [0.25, 0.3) is 0 Å². The lowest BCUT2D eigenvalue weighted by Crippen LogP contribution is -2.32. The van der Waals surface area contributed by atoms with E-state index in [2.05, 4.69) is 0 Å². The molecule has 0 radical (unpaired) electrons. The van der Waals surface area contributed by atoms with Gasteiger partial charge in [-0.05, 0) is 18.9 Å². The van der Waals surface area contributed by atoms with Crippen molar-refractivity contribution in [1.29, 1.82) is 0 Å². The molecule has 19 heavy (non-hydrogen) atoms. The first kappa shape index (κ1) is 14.0. The minimum absolute atomic E-state index is 0.0272. The molecule has 104 valence electrons. The van der Waals surface area contributed by atoms with Crippen LogP contribution in [-0.4, -0.2) is 31.0 Å². The zero-order valence-corrected chi connectivity index (χ0v) is 11.9. The zero-order chi connectivity index (χ0) is 13.8. The predicted octanol–water partition coefficient (Wildman–Crippen LogP) is 2.95. The number of methoxy groups -OCH3 is 1. The average molecular weight is 283 g/mol. The summed E-state index contributed by atoms with van der Waals surface area (Å²) >= 11 is 6.01. The van der Waals surface area contributed by atoms with Gasteiger partial charge in [0.1, 0.15) is 5.75 Å². The average Bonchev–Trinajstić information content (AvgIpc) is 2.69. The Kier molecular flexibility index (Phi) is 4.53. The van der Waals surface area contributed by atoms with Gasteiger partial charge in [-0.25, -0.2) is 0 Å². The highest BCUT2D eigenvalue weighted by atomic mass is 35.5. The third kappa shape index (κ3) is 3.13. The molecule has 1 saturated heterocycles. The minimum atomic E-state index is -0.0272. The van der Waals surface area contributed by atoms with Gasteiger partial charge in [0.25, 0.3) is 5.91 Å². The number of nitrogens with zero attached hydrogens (tertiary/aromatic N) is 1. The minimum Gasteiger partial charge on any atom is -0.496 e. The fraction of sp³-hybridized carbons (Fsp3) is 0.500. The number of nitrogen functional groups attached to an aromatic ring is 1. The number of carbonyl (C=O) groups excluding carboxylic acids is 1. The molecule has 1 aromatic rings. The third-order valence-electron chi connectivity index (χ3n) is 3.44. The third-order valence-corrected chi connectivity index (χ3v) is 3.77. The van der Waals surface area contributed by atoms with Crippen molar-refractivity contribution in [2.45, 2.75) is 25.7 Å². The van der Waals surface area contributed by atoms with Crippen molar-refractivity contribution in [3.8, 4) is 5.75 Å². The molecule has 1 heterocycles. The van der Waals surface area contributed by atoms with E-state index in [4.69, 9.17) is 22.1 Å². The van der Waals surface area contributed by atoms with Gasteiger partial charge in [0.05, 0.1) is 23.4 Å². The largest absolute Gasteiger partial charge is 0.496 e. The summed E-state index contributed by atoms with van der Waals surface area (Å²) in [5.74, 6) is 0.455. The van der Waals surface area contributed by atoms with Gasteiger partial charge in [0, 0.05) is 19.2 Å². The molecular weight excluding hydrogens is 264 g/mol. The number of likely N-dealkylation sites (tertiary alicyclic amines) is 1. The van der Waals surface area contributed by atoms with Crippen LogP contribution in [0, 0.1) is 0 Å². The zero-order valence-electron chi connectivity index (χ0n) is 11.1. The number of anilines is 1. The highest BCUT2D eigenvalue weighted by Gasteiger charge is 2.21. The molecule has 0 atom stereocenters. The molecule has 1 fully saturated rings. The quantitative estimate of drug-likeness (QED) is 0.849. The molecule has 1 aliphatic rings. The van der Waals surface area contributed by atoms with Crippen LogP contribution < -0.4 is 10.5 Å². The van der Waals surface area contributed by atoms with Gasteiger partial charge in [0.15, 0.2) is 0 Å². The van der Waals surface area contributed by atoms with Gasteiger partial charge in [0.2, 0.25) is 0 Å². The molecule has 0 unspecified atom stereocenters. The van der Waals surface area contributed by atoms with E-state index in [0.717, 1.165) is 25.9 Å². The van der Waals surface area contributed by atoms with Gasteiger partial charge >= 0.3 is 0 Å². The number of amides is 1. The Balaban J connectivity index is 2.29. The second-order valence-corrected chi connectivity index (χ2v) is 5.19. The van der Waals surface area contributed by atoms with Crippen LogP contribution in [0.1, 0.15) is 36.0 Å². The molecule has 1 aromatic carbocycles. The van der Waals surface area contributed by atoms with Gasteiger partial charge in [-0.1, -0.05) is 24.4 Å². The Morgan fingerprint density at radius 2 is 1.89 bits per heavy atom. The summed E-state index contributed by atoms with van der Waals surface area (Å²) in [6.07, 6.45) is 4.47. The number of carbonyl (C=O) groups is 1. The van der Waals surface area contributed by atoms with Crippen LogP contribution in [0.2, 0.25) is 5.02 Å². The Bertz CT molecular complexity index is 469. The summed E-state index contributed by atoms with van der Waals surface area (Å²) < 4.78 is 5.24. The van der Waals surface area contributed by atoms with Crippen LogP contribution >= 0.6 is 11.6 Å². The van der Waals surface area contributed by atoms with Crippen LogP contribution in [0.3, 0.4) is 0 Å². The smallest absolute Gasteiger partial charge is 0.257 e. The molecule has 0 aromatic heterocycles. The second-order valence-electron chi connectivity index (χ2n) is 4.78. The summed E-state index contributed by atoms with van der Waals surface area (Å²) in [6, 6.07) is 3.20. The molecule has 2 rings (SSSR count). The van der Waals surface area contributed by atoms with Crippen molar-refractivity contribution in [1.82, 2.24) is 4.90 Å². The number of benzene rings is 1. The molecule has 2 N–H and O–H groups in total. The Morgan fingerprint density at radius 1 is 1.26 bits per heavy atom. The lowest BCUT2D eigenvalue weighted by atomic mass is 10.1. The molecular formula is C14H19ClN2O2. The SMILES string of the molecule is COc1cc(N)c(Cl)cc1C(=O)N1CCCCCC1. The standard InChI is InChI=1S/C14H19ClN2O2/c1-19-13-9-12(16)11(15)8-10(13)14(18)17-6-4-2-3-5-7-17/h8-9H,2-7,16H2,1H3. The lowest BCUT2D eigenvalue weighted by molar-refractivity contribution is 0.0758. The maximum Gasteiger partial charge on any atom is 0.257 e. The van der Waals surface area contributed by atoms with Gasteiger partial charge < -0.3 is 15.4 Å². The normalized spacial score (nSPS) is 16.0. The summed E-state index contributed by atoms with van der Waals surface area (Å²) in [6.45, 7) is 1.59. The number of nitrogens with two attached hydrogens (primary N) is 1.